The minimum absolute atomic E-state index is 0.0571. The van der Waals surface area contributed by atoms with Gasteiger partial charge >= 0.3 is 6.03 Å². The van der Waals surface area contributed by atoms with Gasteiger partial charge in [0.2, 0.25) is 5.13 Å². The van der Waals surface area contributed by atoms with Gasteiger partial charge in [0.15, 0.2) is 0 Å². The van der Waals surface area contributed by atoms with Crippen LogP contribution < -0.4 is 10.6 Å². The lowest BCUT2D eigenvalue weighted by molar-refractivity contribution is 0.242. The van der Waals surface area contributed by atoms with Crippen LogP contribution in [0.25, 0.3) is 0 Å². The Labute approximate surface area is 127 Å². The highest BCUT2D eigenvalue weighted by atomic mass is 32.1. The van der Waals surface area contributed by atoms with Crippen LogP contribution in [-0.2, 0) is 0 Å². The van der Waals surface area contributed by atoms with Crippen LogP contribution in [0.3, 0.4) is 0 Å². The molecule has 0 bridgehead atoms. The fourth-order valence-corrected chi connectivity index (χ4v) is 3.37. The van der Waals surface area contributed by atoms with Gasteiger partial charge < -0.3 is 5.32 Å². The summed E-state index contributed by atoms with van der Waals surface area (Å²) in [4.78, 5) is 12.2. The lowest BCUT2D eigenvalue weighted by Crippen LogP contribution is -2.35. The molecule has 1 saturated carbocycles. The van der Waals surface area contributed by atoms with Crippen LogP contribution in [0.15, 0.2) is 35.8 Å². The molecule has 3 rings (SSSR count). The molecule has 110 valence electrons. The molecule has 1 atom stereocenters. The van der Waals surface area contributed by atoms with Crippen molar-refractivity contribution in [2.75, 3.05) is 5.32 Å². The molecule has 1 aliphatic carbocycles. The Morgan fingerprint density at radius 1 is 1.24 bits per heavy atom. The topological polar surface area (TPSA) is 66.9 Å². The fraction of sp³-hybridized carbons (Fsp3) is 0.400. The third kappa shape index (κ3) is 3.58. The molecule has 21 heavy (non-hydrogen) atoms. The predicted octanol–water partition coefficient (Wildman–Crippen LogP) is 3.59. The largest absolute Gasteiger partial charge is 0.331 e. The molecule has 1 heterocycles. The number of amides is 2. The second-order valence-corrected chi connectivity index (χ2v) is 6.11. The summed E-state index contributed by atoms with van der Waals surface area (Å²) in [7, 11) is 0. The summed E-state index contributed by atoms with van der Waals surface area (Å²) in [5.74, 6) is 0.507. The number of benzene rings is 1. The van der Waals surface area contributed by atoms with Gasteiger partial charge in [-0.15, -0.1) is 10.2 Å². The van der Waals surface area contributed by atoms with Crippen molar-refractivity contribution in [3.63, 3.8) is 0 Å². The number of urea groups is 1. The SMILES string of the molecule is O=C(Nc1nncs1)N[C@H](c1ccccc1)C1CCCC1. The zero-order valence-electron chi connectivity index (χ0n) is 11.7. The Balaban J connectivity index is 1.71. The average molecular weight is 302 g/mol. The molecule has 0 radical (unpaired) electrons. The summed E-state index contributed by atoms with van der Waals surface area (Å²) in [6, 6.07) is 10.0. The van der Waals surface area contributed by atoms with E-state index < -0.39 is 0 Å². The molecular weight excluding hydrogens is 284 g/mol. The Morgan fingerprint density at radius 3 is 2.67 bits per heavy atom. The molecule has 6 heteroatoms. The van der Waals surface area contributed by atoms with E-state index in [1.54, 1.807) is 5.51 Å². The molecule has 2 N–H and O–H groups in total. The maximum atomic E-state index is 12.2. The van der Waals surface area contributed by atoms with E-state index in [9.17, 15) is 4.79 Å². The van der Waals surface area contributed by atoms with E-state index in [-0.39, 0.29) is 12.1 Å². The van der Waals surface area contributed by atoms with Gasteiger partial charge in [0.25, 0.3) is 0 Å². The number of carbonyl (C=O) groups excluding carboxylic acids is 1. The van der Waals surface area contributed by atoms with Gasteiger partial charge in [0.05, 0.1) is 6.04 Å². The second-order valence-electron chi connectivity index (χ2n) is 5.28. The molecule has 0 aliphatic heterocycles. The Hall–Kier alpha value is -1.95. The quantitative estimate of drug-likeness (QED) is 0.907. The monoisotopic (exact) mass is 302 g/mol. The molecule has 0 saturated heterocycles. The number of rotatable bonds is 4. The van der Waals surface area contributed by atoms with Crippen molar-refractivity contribution >= 4 is 22.5 Å². The number of nitrogens with zero attached hydrogens (tertiary/aromatic N) is 2. The first kappa shape index (κ1) is 14.0. The van der Waals surface area contributed by atoms with E-state index in [1.165, 1.54) is 37.0 Å². The molecule has 0 unspecified atom stereocenters. The average Bonchev–Trinajstić information content (AvgIpc) is 3.19. The van der Waals surface area contributed by atoms with Gasteiger partial charge in [-0.3, -0.25) is 5.32 Å². The lowest BCUT2D eigenvalue weighted by atomic mass is 9.92. The highest BCUT2D eigenvalue weighted by molar-refractivity contribution is 7.13. The maximum Gasteiger partial charge on any atom is 0.321 e. The molecule has 0 spiro atoms. The van der Waals surface area contributed by atoms with Crippen molar-refractivity contribution in [3.05, 3.63) is 41.4 Å². The van der Waals surface area contributed by atoms with Gasteiger partial charge in [-0.25, -0.2) is 4.79 Å². The van der Waals surface area contributed by atoms with E-state index in [0.29, 0.717) is 11.0 Å². The van der Waals surface area contributed by atoms with Crippen molar-refractivity contribution < 1.29 is 4.79 Å². The smallest absolute Gasteiger partial charge is 0.321 e. The zero-order chi connectivity index (χ0) is 14.5. The van der Waals surface area contributed by atoms with E-state index in [0.717, 1.165) is 5.56 Å². The van der Waals surface area contributed by atoms with E-state index in [4.69, 9.17) is 0 Å². The minimum Gasteiger partial charge on any atom is -0.331 e. The molecule has 5 nitrogen and oxygen atoms in total. The number of anilines is 1. The fourth-order valence-electron chi connectivity index (χ4n) is 2.93. The first-order chi connectivity index (χ1) is 10.3. The van der Waals surface area contributed by atoms with E-state index in [1.807, 2.05) is 18.2 Å². The lowest BCUT2D eigenvalue weighted by Gasteiger charge is -2.25. The minimum atomic E-state index is -0.215. The normalized spacial score (nSPS) is 16.6. The van der Waals surface area contributed by atoms with E-state index in [2.05, 4.69) is 33.0 Å². The van der Waals surface area contributed by atoms with Crippen LogP contribution >= 0.6 is 11.3 Å². The number of hydrogen-bond acceptors (Lipinski definition) is 4. The van der Waals surface area contributed by atoms with Gasteiger partial charge in [-0.05, 0) is 24.3 Å². The summed E-state index contributed by atoms with van der Waals surface area (Å²) in [5, 5.41) is 13.9. The second kappa shape index (κ2) is 6.67. The molecule has 2 amide bonds. The summed E-state index contributed by atoms with van der Waals surface area (Å²) < 4.78 is 0. The number of aromatic nitrogens is 2. The van der Waals surface area contributed by atoms with Gasteiger partial charge in [-0.2, -0.15) is 0 Å². The molecular formula is C15H18N4OS. The third-order valence-electron chi connectivity index (χ3n) is 3.90. The van der Waals surface area contributed by atoms with Gasteiger partial charge in [0.1, 0.15) is 5.51 Å². The summed E-state index contributed by atoms with van der Waals surface area (Å²) in [5.41, 5.74) is 2.76. The van der Waals surface area contributed by atoms with Crippen LogP contribution in [0.5, 0.6) is 0 Å². The summed E-state index contributed by atoms with van der Waals surface area (Å²) >= 11 is 1.31. The summed E-state index contributed by atoms with van der Waals surface area (Å²) in [6.45, 7) is 0. The highest BCUT2D eigenvalue weighted by Gasteiger charge is 2.27. The molecule has 2 aromatic rings. The highest BCUT2D eigenvalue weighted by Crippen LogP contribution is 2.35. The van der Waals surface area contributed by atoms with Gasteiger partial charge in [-0.1, -0.05) is 54.5 Å². The van der Waals surface area contributed by atoms with Crippen molar-refractivity contribution in [2.45, 2.75) is 31.7 Å². The number of hydrogen-bond donors (Lipinski definition) is 2. The summed E-state index contributed by atoms with van der Waals surface area (Å²) in [6.07, 6.45) is 4.82. The first-order valence-electron chi connectivity index (χ1n) is 7.21. The standard InChI is InChI=1S/C15H18N4OS/c20-14(18-15-19-16-10-21-15)17-13(12-8-4-5-9-12)11-6-2-1-3-7-11/h1-3,6-7,10,12-13H,4-5,8-9H2,(H2,17,18,19,20)/t13-/m1/s1. The number of carbonyl (C=O) groups is 1. The van der Waals surface area contributed by atoms with Crippen molar-refractivity contribution in [3.8, 4) is 0 Å². The molecule has 1 aromatic carbocycles. The Kier molecular flexibility index (Phi) is 4.45. The third-order valence-corrected chi connectivity index (χ3v) is 4.50. The van der Waals surface area contributed by atoms with Crippen LogP contribution in [-0.4, -0.2) is 16.2 Å². The number of nitrogens with one attached hydrogen (secondary N) is 2. The van der Waals surface area contributed by atoms with Crippen LogP contribution in [0, 0.1) is 5.92 Å². The first-order valence-corrected chi connectivity index (χ1v) is 8.09. The van der Waals surface area contributed by atoms with Crippen LogP contribution in [0.2, 0.25) is 0 Å². The molecule has 1 aliphatic rings. The Bertz CT molecular complexity index is 567. The predicted molar refractivity (Wildman–Crippen MR) is 83.2 cm³/mol. The zero-order valence-corrected chi connectivity index (χ0v) is 12.5. The van der Waals surface area contributed by atoms with Crippen molar-refractivity contribution in [1.82, 2.24) is 15.5 Å². The van der Waals surface area contributed by atoms with Crippen molar-refractivity contribution in [1.29, 1.82) is 0 Å². The maximum absolute atomic E-state index is 12.2. The van der Waals surface area contributed by atoms with Crippen LogP contribution in [0.1, 0.15) is 37.3 Å². The molecule has 1 aromatic heterocycles. The Morgan fingerprint density at radius 2 is 2.00 bits per heavy atom. The van der Waals surface area contributed by atoms with E-state index >= 15 is 0 Å². The molecule has 1 fully saturated rings. The van der Waals surface area contributed by atoms with Gasteiger partial charge in [0, 0.05) is 0 Å². The van der Waals surface area contributed by atoms with Crippen molar-refractivity contribution in [2.24, 2.45) is 5.92 Å². The van der Waals surface area contributed by atoms with Crippen LogP contribution in [0.4, 0.5) is 9.93 Å².